The fourth-order valence-corrected chi connectivity index (χ4v) is 2.79. The molecule has 0 unspecified atom stereocenters. The molecule has 0 bridgehead atoms. The summed E-state index contributed by atoms with van der Waals surface area (Å²) in [5.74, 6) is -0.146. The summed E-state index contributed by atoms with van der Waals surface area (Å²) < 4.78 is 15.8. The van der Waals surface area contributed by atoms with Crippen LogP contribution in [0.25, 0.3) is 6.08 Å². The maximum absolute atomic E-state index is 12.4. The van der Waals surface area contributed by atoms with Crippen LogP contribution in [0.3, 0.4) is 0 Å². The molecule has 0 saturated carbocycles. The number of ketones is 1. The zero-order valence-electron chi connectivity index (χ0n) is 18.7. The van der Waals surface area contributed by atoms with E-state index in [0.717, 1.165) is 5.56 Å². The molecule has 3 rings (SSSR count). The molecule has 0 saturated heterocycles. The highest BCUT2D eigenvalue weighted by Crippen LogP contribution is 2.17. The summed E-state index contributed by atoms with van der Waals surface area (Å²) in [5.41, 5.74) is 2.11. The maximum atomic E-state index is 12.4. The van der Waals surface area contributed by atoms with E-state index in [4.69, 9.17) is 14.2 Å². The Balaban J connectivity index is 1.48. The lowest BCUT2D eigenvalue weighted by atomic mass is 10.1. The summed E-state index contributed by atoms with van der Waals surface area (Å²) in [6, 6.07) is 22.3. The molecule has 0 N–H and O–H groups in total. The fraction of sp³-hybridized carbons (Fsp3) is 0.107. The van der Waals surface area contributed by atoms with Crippen molar-refractivity contribution in [2.75, 3.05) is 13.2 Å². The van der Waals surface area contributed by atoms with Gasteiger partial charge in [0.05, 0.1) is 5.56 Å². The van der Waals surface area contributed by atoms with Crippen LogP contribution >= 0.6 is 0 Å². The standard InChI is InChI=1S/C28H24O6/c1-20(2)27(30)33-19-18-32-24-15-11-23(12-16-24)28(31)34-25-13-8-21(9-14-25)10-17-26(29)22-6-4-3-5-7-22/h3-17H,1,18-19H2,2H3. The summed E-state index contributed by atoms with van der Waals surface area (Å²) >= 11 is 0. The van der Waals surface area contributed by atoms with E-state index in [-0.39, 0.29) is 19.0 Å². The molecule has 0 aliphatic heterocycles. The highest BCUT2D eigenvalue weighted by Gasteiger charge is 2.09. The molecule has 0 aliphatic carbocycles. The Kier molecular flexibility index (Phi) is 8.52. The molecular weight excluding hydrogens is 432 g/mol. The van der Waals surface area contributed by atoms with Crippen LogP contribution in [0.1, 0.15) is 33.2 Å². The van der Waals surface area contributed by atoms with Crippen LogP contribution < -0.4 is 9.47 Å². The molecule has 0 heterocycles. The van der Waals surface area contributed by atoms with E-state index >= 15 is 0 Å². The molecule has 6 heteroatoms. The average molecular weight is 456 g/mol. The molecule has 0 spiro atoms. The van der Waals surface area contributed by atoms with Crippen LogP contribution in [0.2, 0.25) is 0 Å². The van der Waals surface area contributed by atoms with Gasteiger partial charge in [-0.1, -0.05) is 55.1 Å². The van der Waals surface area contributed by atoms with Crippen LogP contribution in [0.15, 0.2) is 97.1 Å². The van der Waals surface area contributed by atoms with Crippen molar-refractivity contribution in [2.24, 2.45) is 0 Å². The van der Waals surface area contributed by atoms with Crippen molar-refractivity contribution in [3.63, 3.8) is 0 Å². The Morgan fingerprint density at radius 1 is 0.794 bits per heavy atom. The van der Waals surface area contributed by atoms with Crippen molar-refractivity contribution in [1.29, 1.82) is 0 Å². The molecule has 0 amide bonds. The van der Waals surface area contributed by atoms with E-state index in [1.807, 2.05) is 18.2 Å². The smallest absolute Gasteiger partial charge is 0.343 e. The van der Waals surface area contributed by atoms with Gasteiger partial charge in [-0.05, 0) is 55.0 Å². The van der Waals surface area contributed by atoms with Crippen molar-refractivity contribution in [3.8, 4) is 11.5 Å². The van der Waals surface area contributed by atoms with E-state index in [1.54, 1.807) is 73.7 Å². The molecule has 0 atom stereocenters. The van der Waals surface area contributed by atoms with Crippen LogP contribution in [0.5, 0.6) is 11.5 Å². The molecule has 0 radical (unpaired) electrons. The normalized spacial score (nSPS) is 10.5. The maximum Gasteiger partial charge on any atom is 0.343 e. The van der Waals surface area contributed by atoms with Crippen molar-refractivity contribution in [1.82, 2.24) is 0 Å². The van der Waals surface area contributed by atoms with Gasteiger partial charge in [0, 0.05) is 11.1 Å². The first kappa shape index (κ1) is 24.2. The van der Waals surface area contributed by atoms with Crippen LogP contribution in [-0.2, 0) is 9.53 Å². The Hall–Kier alpha value is -4.45. The number of allylic oxidation sites excluding steroid dienone is 1. The zero-order valence-corrected chi connectivity index (χ0v) is 18.7. The first-order chi connectivity index (χ1) is 16.4. The molecule has 34 heavy (non-hydrogen) atoms. The predicted molar refractivity (Wildman–Crippen MR) is 129 cm³/mol. The van der Waals surface area contributed by atoms with Crippen LogP contribution in [0, 0.1) is 0 Å². The van der Waals surface area contributed by atoms with Gasteiger partial charge in [-0.3, -0.25) is 4.79 Å². The highest BCUT2D eigenvalue weighted by molar-refractivity contribution is 6.06. The first-order valence-corrected chi connectivity index (χ1v) is 10.6. The van der Waals surface area contributed by atoms with Crippen LogP contribution in [0.4, 0.5) is 0 Å². The topological polar surface area (TPSA) is 78.9 Å². The van der Waals surface area contributed by atoms with Crippen molar-refractivity contribution < 1.29 is 28.6 Å². The zero-order chi connectivity index (χ0) is 24.3. The monoisotopic (exact) mass is 456 g/mol. The van der Waals surface area contributed by atoms with Gasteiger partial charge in [0.2, 0.25) is 0 Å². The fourth-order valence-electron chi connectivity index (χ4n) is 2.79. The molecule has 0 aliphatic rings. The van der Waals surface area contributed by atoms with Crippen LogP contribution in [-0.4, -0.2) is 30.9 Å². The van der Waals surface area contributed by atoms with Gasteiger partial charge < -0.3 is 14.2 Å². The van der Waals surface area contributed by atoms with Gasteiger partial charge in [-0.25, -0.2) is 9.59 Å². The minimum Gasteiger partial charge on any atom is -0.490 e. The average Bonchev–Trinajstić information content (AvgIpc) is 2.86. The Morgan fingerprint density at radius 2 is 1.44 bits per heavy atom. The lowest BCUT2D eigenvalue weighted by Crippen LogP contribution is -2.12. The van der Waals surface area contributed by atoms with E-state index in [0.29, 0.717) is 28.2 Å². The van der Waals surface area contributed by atoms with E-state index in [9.17, 15) is 14.4 Å². The lowest BCUT2D eigenvalue weighted by Gasteiger charge is -2.08. The third-order valence-electron chi connectivity index (χ3n) is 4.60. The van der Waals surface area contributed by atoms with E-state index in [2.05, 4.69) is 6.58 Å². The number of benzene rings is 3. The molecule has 6 nitrogen and oxygen atoms in total. The third kappa shape index (κ3) is 7.31. The number of carbonyl (C=O) groups is 3. The largest absolute Gasteiger partial charge is 0.490 e. The molecule has 0 fully saturated rings. The second-order valence-electron chi connectivity index (χ2n) is 7.31. The SMILES string of the molecule is C=C(C)C(=O)OCCOc1ccc(C(=O)Oc2ccc(C=CC(=O)c3ccccc3)cc2)cc1. The first-order valence-electron chi connectivity index (χ1n) is 10.6. The summed E-state index contributed by atoms with van der Waals surface area (Å²) in [4.78, 5) is 35.9. The highest BCUT2D eigenvalue weighted by atomic mass is 16.6. The van der Waals surface area contributed by atoms with Crippen molar-refractivity contribution in [3.05, 3.63) is 114 Å². The quantitative estimate of drug-likeness (QED) is 0.135. The van der Waals surface area contributed by atoms with Gasteiger partial charge in [0.1, 0.15) is 24.7 Å². The van der Waals surface area contributed by atoms with Gasteiger partial charge in [-0.15, -0.1) is 0 Å². The van der Waals surface area contributed by atoms with Gasteiger partial charge in [-0.2, -0.15) is 0 Å². The molecular formula is C28H24O6. The summed E-state index contributed by atoms with van der Waals surface area (Å²) in [6.07, 6.45) is 3.21. The van der Waals surface area contributed by atoms with Crippen molar-refractivity contribution in [2.45, 2.75) is 6.92 Å². The van der Waals surface area contributed by atoms with Crippen molar-refractivity contribution >= 4 is 23.8 Å². The summed E-state index contributed by atoms with van der Waals surface area (Å²) in [5, 5.41) is 0. The summed E-state index contributed by atoms with van der Waals surface area (Å²) in [6.45, 7) is 5.35. The number of rotatable bonds is 10. The minimum absolute atomic E-state index is 0.0867. The number of esters is 2. The predicted octanol–water partition coefficient (Wildman–Crippen LogP) is 5.30. The number of hydrogen-bond donors (Lipinski definition) is 0. The van der Waals surface area contributed by atoms with Gasteiger partial charge in [0.15, 0.2) is 5.78 Å². The second kappa shape index (κ2) is 12.0. The molecule has 3 aromatic carbocycles. The van der Waals surface area contributed by atoms with E-state index in [1.165, 1.54) is 6.08 Å². The number of carbonyl (C=O) groups excluding carboxylic acids is 3. The third-order valence-corrected chi connectivity index (χ3v) is 4.60. The van der Waals surface area contributed by atoms with Gasteiger partial charge >= 0.3 is 11.9 Å². The Labute approximate surface area is 198 Å². The van der Waals surface area contributed by atoms with Gasteiger partial charge in [0.25, 0.3) is 0 Å². The summed E-state index contributed by atoms with van der Waals surface area (Å²) in [7, 11) is 0. The number of hydrogen-bond acceptors (Lipinski definition) is 6. The second-order valence-corrected chi connectivity index (χ2v) is 7.31. The Bertz CT molecular complexity index is 1180. The van der Waals surface area contributed by atoms with E-state index < -0.39 is 11.9 Å². The minimum atomic E-state index is -0.510. The Morgan fingerprint density at radius 3 is 2.09 bits per heavy atom. The lowest BCUT2D eigenvalue weighted by molar-refractivity contribution is -0.139. The molecule has 172 valence electrons. The number of ether oxygens (including phenoxy) is 3. The molecule has 3 aromatic rings. The molecule has 0 aromatic heterocycles.